The smallest absolute Gasteiger partial charge is 0.257 e. The van der Waals surface area contributed by atoms with Crippen molar-refractivity contribution in [3.05, 3.63) is 18.5 Å². The van der Waals surface area contributed by atoms with Crippen LogP contribution >= 0.6 is 0 Å². The number of hydrogen-bond donors (Lipinski definition) is 1. The molecule has 2 N–H and O–H groups in total. The monoisotopic (exact) mass is 261 g/mol. The van der Waals surface area contributed by atoms with E-state index < -0.39 is 0 Å². The van der Waals surface area contributed by atoms with E-state index in [9.17, 15) is 0 Å². The topological polar surface area (TPSA) is 85.8 Å². The average molecular weight is 261 g/mol. The number of nitrogens with zero attached hydrogens (tertiary/aromatic N) is 6. The highest BCUT2D eigenvalue weighted by Gasteiger charge is 2.14. The van der Waals surface area contributed by atoms with Gasteiger partial charge in [0.2, 0.25) is 11.9 Å². The number of rotatable bonds is 5. The fourth-order valence-electron chi connectivity index (χ4n) is 1.83. The Hall–Kier alpha value is -2.18. The minimum Gasteiger partial charge on any atom is -0.368 e. The van der Waals surface area contributed by atoms with Gasteiger partial charge in [0.1, 0.15) is 0 Å². The lowest BCUT2D eigenvalue weighted by Crippen LogP contribution is -2.31. The first-order valence-corrected chi connectivity index (χ1v) is 6.36. The highest BCUT2D eigenvalue weighted by molar-refractivity contribution is 5.37. The first kappa shape index (κ1) is 13.3. The minimum atomic E-state index is 0.200. The average Bonchev–Trinajstić information content (AvgIpc) is 2.91. The lowest BCUT2D eigenvalue weighted by atomic mass is 10.2. The van der Waals surface area contributed by atoms with Crippen LogP contribution in [-0.4, -0.2) is 37.8 Å². The molecule has 0 bridgehead atoms. The van der Waals surface area contributed by atoms with E-state index in [0.717, 1.165) is 12.8 Å². The summed E-state index contributed by atoms with van der Waals surface area (Å²) in [5.41, 5.74) is 5.75. The van der Waals surface area contributed by atoms with Gasteiger partial charge >= 0.3 is 0 Å². The Balaban J connectivity index is 2.31. The van der Waals surface area contributed by atoms with Crippen molar-refractivity contribution in [1.29, 1.82) is 0 Å². The van der Waals surface area contributed by atoms with Crippen molar-refractivity contribution in [2.45, 2.75) is 32.7 Å². The number of anilines is 2. The maximum Gasteiger partial charge on any atom is 0.257 e. The molecule has 0 aliphatic rings. The quantitative estimate of drug-likeness (QED) is 0.872. The third kappa shape index (κ3) is 2.98. The van der Waals surface area contributed by atoms with Gasteiger partial charge in [-0.1, -0.05) is 13.3 Å². The van der Waals surface area contributed by atoms with Gasteiger partial charge in [-0.2, -0.15) is 20.1 Å². The number of hydrogen-bond acceptors (Lipinski definition) is 6. The molecule has 0 fully saturated rings. The molecular formula is C12H19N7. The standard InChI is InChI=1S/C12H19N7/c1-4-6-9(2)18(3)11-15-10(13)16-12(17-11)19-8-5-7-14-19/h5,7-9H,4,6H2,1-3H3,(H2,13,15,16,17). The summed E-state index contributed by atoms with van der Waals surface area (Å²) >= 11 is 0. The van der Waals surface area contributed by atoms with Crippen LogP contribution in [0.3, 0.4) is 0 Å². The molecule has 0 spiro atoms. The molecule has 0 saturated heterocycles. The van der Waals surface area contributed by atoms with Crippen LogP contribution in [0.2, 0.25) is 0 Å². The zero-order valence-corrected chi connectivity index (χ0v) is 11.5. The van der Waals surface area contributed by atoms with Crippen LogP contribution in [-0.2, 0) is 0 Å². The second-order valence-electron chi connectivity index (χ2n) is 4.49. The Morgan fingerprint density at radius 2 is 2.16 bits per heavy atom. The van der Waals surface area contributed by atoms with Crippen LogP contribution in [0.15, 0.2) is 18.5 Å². The number of aromatic nitrogens is 5. The maximum absolute atomic E-state index is 5.75. The second-order valence-corrected chi connectivity index (χ2v) is 4.49. The van der Waals surface area contributed by atoms with Crippen LogP contribution in [0.1, 0.15) is 26.7 Å². The van der Waals surface area contributed by atoms with Crippen molar-refractivity contribution in [3.8, 4) is 5.95 Å². The van der Waals surface area contributed by atoms with E-state index in [4.69, 9.17) is 5.73 Å². The van der Waals surface area contributed by atoms with Gasteiger partial charge in [0.25, 0.3) is 5.95 Å². The summed E-state index contributed by atoms with van der Waals surface area (Å²) in [4.78, 5) is 14.7. The minimum absolute atomic E-state index is 0.200. The van der Waals surface area contributed by atoms with Crippen LogP contribution in [0.4, 0.5) is 11.9 Å². The molecule has 2 heterocycles. The lowest BCUT2D eigenvalue weighted by molar-refractivity contribution is 0.602. The van der Waals surface area contributed by atoms with Crippen molar-refractivity contribution in [2.24, 2.45) is 0 Å². The fourth-order valence-corrected chi connectivity index (χ4v) is 1.83. The van der Waals surface area contributed by atoms with E-state index in [2.05, 4.69) is 33.9 Å². The van der Waals surface area contributed by atoms with Gasteiger partial charge in [0.15, 0.2) is 0 Å². The van der Waals surface area contributed by atoms with Crippen LogP contribution < -0.4 is 10.6 Å². The van der Waals surface area contributed by atoms with Gasteiger partial charge in [-0.3, -0.25) is 0 Å². The SMILES string of the molecule is CCCC(C)N(C)c1nc(N)nc(-n2cccn2)n1. The van der Waals surface area contributed by atoms with Crippen molar-refractivity contribution in [2.75, 3.05) is 17.7 Å². The molecule has 102 valence electrons. The number of nitrogens with two attached hydrogens (primary N) is 1. The summed E-state index contributed by atoms with van der Waals surface area (Å²) in [5, 5.41) is 4.10. The molecule has 2 rings (SSSR count). The Labute approximate surface area is 112 Å². The molecule has 0 aromatic carbocycles. The van der Waals surface area contributed by atoms with E-state index in [1.54, 1.807) is 17.1 Å². The molecule has 1 unspecified atom stereocenters. The lowest BCUT2D eigenvalue weighted by Gasteiger charge is -2.24. The van der Waals surface area contributed by atoms with E-state index in [1.807, 2.05) is 18.0 Å². The third-order valence-electron chi connectivity index (χ3n) is 3.02. The van der Waals surface area contributed by atoms with E-state index >= 15 is 0 Å². The van der Waals surface area contributed by atoms with E-state index in [0.29, 0.717) is 17.9 Å². The summed E-state index contributed by atoms with van der Waals surface area (Å²) < 4.78 is 1.57. The molecule has 0 saturated carbocycles. The summed E-state index contributed by atoms with van der Waals surface area (Å²) in [5.74, 6) is 1.20. The fraction of sp³-hybridized carbons (Fsp3) is 0.500. The second kappa shape index (κ2) is 5.64. The molecule has 7 nitrogen and oxygen atoms in total. The largest absolute Gasteiger partial charge is 0.368 e. The highest BCUT2D eigenvalue weighted by atomic mass is 15.4. The molecule has 19 heavy (non-hydrogen) atoms. The molecule has 0 radical (unpaired) electrons. The highest BCUT2D eigenvalue weighted by Crippen LogP contribution is 2.14. The molecule has 2 aromatic heterocycles. The predicted octanol–water partition coefficient (Wildman–Crippen LogP) is 1.26. The summed E-state index contributed by atoms with van der Waals surface area (Å²) in [6.45, 7) is 4.29. The van der Waals surface area contributed by atoms with Gasteiger partial charge in [0.05, 0.1) is 0 Å². The maximum atomic E-state index is 5.75. The van der Waals surface area contributed by atoms with Crippen molar-refractivity contribution >= 4 is 11.9 Å². The van der Waals surface area contributed by atoms with E-state index in [-0.39, 0.29) is 5.95 Å². The first-order valence-electron chi connectivity index (χ1n) is 6.36. The molecule has 2 aromatic rings. The summed E-state index contributed by atoms with van der Waals surface area (Å²) in [6, 6.07) is 2.15. The summed E-state index contributed by atoms with van der Waals surface area (Å²) in [6.07, 6.45) is 5.62. The van der Waals surface area contributed by atoms with Crippen molar-refractivity contribution in [3.63, 3.8) is 0 Å². The molecule has 0 aliphatic heterocycles. The molecule has 0 aliphatic carbocycles. The third-order valence-corrected chi connectivity index (χ3v) is 3.02. The summed E-state index contributed by atoms with van der Waals surface area (Å²) in [7, 11) is 1.96. The van der Waals surface area contributed by atoms with Gasteiger partial charge in [0, 0.05) is 25.5 Å². The zero-order chi connectivity index (χ0) is 13.8. The first-order chi connectivity index (χ1) is 9.11. The van der Waals surface area contributed by atoms with Gasteiger partial charge in [-0.05, 0) is 19.4 Å². The van der Waals surface area contributed by atoms with Crippen molar-refractivity contribution in [1.82, 2.24) is 24.7 Å². The predicted molar refractivity (Wildman–Crippen MR) is 74.1 cm³/mol. The van der Waals surface area contributed by atoms with Crippen LogP contribution in [0, 0.1) is 0 Å². The Kier molecular flexibility index (Phi) is 3.94. The molecule has 0 amide bonds. The van der Waals surface area contributed by atoms with E-state index in [1.165, 1.54) is 0 Å². The van der Waals surface area contributed by atoms with Gasteiger partial charge < -0.3 is 10.6 Å². The van der Waals surface area contributed by atoms with Crippen LogP contribution in [0.25, 0.3) is 5.95 Å². The van der Waals surface area contributed by atoms with Gasteiger partial charge in [-0.25, -0.2) is 4.68 Å². The normalized spacial score (nSPS) is 12.4. The molecular weight excluding hydrogens is 242 g/mol. The zero-order valence-electron chi connectivity index (χ0n) is 11.5. The molecule has 1 atom stereocenters. The Morgan fingerprint density at radius 3 is 2.79 bits per heavy atom. The Bertz CT molecular complexity index is 523. The van der Waals surface area contributed by atoms with Crippen LogP contribution in [0.5, 0.6) is 0 Å². The van der Waals surface area contributed by atoms with Crippen molar-refractivity contribution < 1.29 is 0 Å². The number of nitrogen functional groups attached to an aromatic ring is 1. The van der Waals surface area contributed by atoms with Gasteiger partial charge in [-0.15, -0.1) is 0 Å². The Morgan fingerprint density at radius 1 is 1.37 bits per heavy atom. The molecule has 7 heteroatoms.